The van der Waals surface area contributed by atoms with Crippen LogP contribution >= 0.6 is 0 Å². The lowest BCUT2D eigenvalue weighted by molar-refractivity contribution is -0.209. The molecular weight excluding hydrogens is 209 g/mol. The highest BCUT2D eigenvalue weighted by atomic mass is 19.4. The number of alkyl halides is 3. The van der Waals surface area contributed by atoms with Gasteiger partial charge >= 0.3 is 6.18 Å². The predicted octanol–water partition coefficient (Wildman–Crippen LogP) is 0.592. The second-order valence-corrected chi connectivity index (χ2v) is 4.24. The van der Waals surface area contributed by atoms with Gasteiger partial charge in [-0.25, -0.2) is 0 Å². The van der Waals surface area contributed by atoms with Crippen molar-refractivity contribution in [3.05, 3.63) is 0 Å². The second-order valence-electron chi connectivity index (χ2n) is 4.24. The van der Waals surface area contributed by atoms with Crippen molar-refractivity contribution in [2.24, 2.45) is 0 Å². The first-order valence-electron chi connectivity index (χ1n) is 5.02. The fourth-order valence-electron chi connectivity index (χ4n) is 1.94. The summed E-state index contributed by atoms with van der Waals surface area (Å²) in [7, 11) is 0. The summed E-state index contributed by atoms with van der Waals surface area (Å²) in [4.78, 5) is 1.64. The Bertz CT molecular complexity index is 200. The lowest BCUT2D eigenvalue weighted by Gasteiger charge is -2.37. The maximum atomic E-state index is 12.1. The van der Waals surface area contributed by atoms with Gasteiger partial charge in [0.1, 0.15) is 0 Å². The van der Waals surface area contributed by atoms with E-state index in [2.05, 4.69) is 5.32 Å². The first-order valence-corrected chi connectivity index (χ1v) is 5.02. The SMILES string of the molecule is CC1CN(CC(O)C(F)(F)F)CC(C)N1. The maximum absolute atomic E-state index is 12.1. The average Bonchev–Trinajstić information content (AvgIpc) is 1.99. The Morgan fingerprint density at radius 2 is 1.80 bits per heavy atom. The van der Waals surface area contributed by atoms with E-state index in [0.717, 1.165) is 0 Å². The van der Waals surface area contributed by atoms with E-state index in [4.69, 9.17) is 5.11 Å². The van der Waals surface area contributed by atoms with E-state index in [1.165, 1.54) is 0 Å². The van der Waals surface area contributed by atoms with Crippen molar-refractivity contribution in [3.8, 4) is 0 Å². The van der Waals surface area contributed by atoms with Gasteiger partial charge in [0, 0.05) is 31.7 Å². The molecule has 0 aromatic rings. The fraction of sp³-hybridized carbons (Fsp3) is 1.00. The quantitative estimate of drug-likeness (QED) is 0.723. The summed E-state index contributed by atoms with van der Waals surface area (Å²) in [5.74, 6) is 0. The number of nitrogens with zero attached hydrogens (tertiary/aromatic N) is 1. The highest BCUT2D eigenvalue weighted by Gasteiger charge is 2.39. The molecule has 2 N–H and O–H groups in total. The van der Waals surface area contributed by atoms with Crippen molar-refractivity contribution >= 4 is 0 Å². The van der Waals surface area contributed by atoms with E-state index in [0.29, 0.717) is 13.1 Å². The van der Waals surface area contributed by atoms with E-state index in [9.17, 15) is 13.2 Å². The minimum absolute atomic E-state index is 0.161. The molecule has 1 saturated heterocycles. The third-order valence-electron chi connectivity index (χ3n) is 2.44. The maximum Gasteiger partial charge on any atom is 0.415 e. The van der Waals surface area contributed by atoms with Crippen molar-refractivity contribution in [1.29, 1.82) is 0 Å². The van der Waals surface area contributed by atoms with Gasteiger partial charge in [0.15, 0.2) is 6.10 Å². The smallest absolute Gasteiger partial charge is 0.382 e. The minimum Gasteiger partial charge on any atom is -0.382 e. The Morgan fingerprint density at radius 3 is 2.20 bits per heavy atom. The molecule has 0 saturated carbocycles. The minimum atomic E-state index is -4.52. The summed E-state index contributed by atoms with van der Waals surface area (Å²) >= 11 is 0. The number of hydrogen-bond acceptors (Lipinski definition) is 3. The molecule has 1 heterocycles. The predicted molar refractivity (Wildman–Crippen MR) is 50.6 cm³/mol. The summed E-state index contributed by atoms with van der Waals surface area (Å²) in [6, 6.07) is 0.323. The van der Waals surface area contributed by atoms with Gasteiger partial charge in [-0.2, -0.15) is 13.2 Å². The van der Waals surface area contributed by atoms with Crippen molar-refractivity contribution in [1.82, 2.24) is 10.2 Å². The van der Waals surface area contributed by atoms with Gasteiger partial charge < -0.3 is 10.4 Å². The number of hydrogen-bond donors (Lipinski definition) is 2. The van der Waals surface area contributed by atoms with Gasteiger partial charge in [-0.05, 0) is 13.8 Å². The fourth-order valence-corrected chi connectivity index (χ4v) is 1.94. The van der Waals surface area contributed by atoms with Gasteiger partial charge in [-0.15, -0.1) is 0 Å². The summed E-state index contributed by atoms with van der Waals surface area (Å²) in [6.45, 7) is 4.58. The van der Waals surface area contributed by atoms with Crippen LogP contribution in [-0.2, 0) is 0 Å². The summed E-state index contributed by atoms with van der Waals surface area (Å²) in [5.41, 5.74) is 0. The molecule has 90 valence electrons. The van der Waals surface area contributed by atoms with Crippen LogP contribution in [-0.4, -0.2) is 54.0 Å². The summed E-state index contributed by atoms with van der Waals surface area (Å²) < 4.78 is 36.3. The lowest BCUT2D eigenvalue weighted by atomic mass is 10.1. The highest BCUT2D eigenvalue weighted by molar-refractivity contribution is 4.83. The van der Waals surface area contributed by atoms with E-state index in [1.54, 1.807) is 4.90 Å². The van der Waals surface area contributed by atoms with Crippen LogP contribution in [0.2, 0.25) is 0 Å². The zero-order chi connectivity index (χ0) is 11.6. The van der Waals surface area contributed by atoms with Crippen LogP contribution < -0.4 is 5.32 Å². The van der Waals surface area contributed by atoms with Crippen LogP contribution in [0.15, 0.2) is 0 Å². The molecule has 0 amide bonds. The largest absolute Gasteiger partial charge is 0.415 e. The van der Waals surface area contributed by atoms with E-state index < -0.39 is 12.3 Å². The van der Waals surface area contributed by atoms with E-state index >= 15 is 0 Å². The van der Waals surface area contributed by atoms with Gasteiger partial charge in [0.25, 0.3) is 0 Å². The normalized spacial score (nSPS) is 31.6. The van der Waals surface area contributed by atoms with Gasteiger partial charge in [-0.1, -0.05) is 0 Å². The first-order chi connectivity index (χ1) is 6.79. The Labute approximate surface area is 87.3 Å². The number of halogens is 3. The highest BCUT2D eigenvalue weighted by Crippen LogP contribution is 2.21. The molecular formula is C9H17F3N2O. The molecule has 1 aliphatic heterocycles. The van der Waals surface area contributed by atoms with Crippen LogP contribution in [0.4, 0.5) is 13.2 Å². The average molecular weight is 226 g/mol. The number of nitrogens with one attached hydrogen (secondary N) is 1. The molecule has 15 heavy (non-hydrogen) atoms. The molecule has 0 aromatic carbocycles. The number of piperazine rings is 1. The Hall–Kier alpha value is -0.330. The second kappa shape index (κ2) is 4.67. The monoisotopic (exact) mass is 226 g/mol. The summed E-state index contributed by atoms with van der Waals surface area (Å²) in [5, 5.41) is 12.1. The zero-order valence-corrected chi connectivity index (χ0v) is 8.88. The molecule has 0 aromatic heterocycles. The third kappa shape index (κ3) is 3.96. The number of rotatable bonds is 2. The van der Waals surface area contributed by atoms with Crippen molar-refractivity contribution < 1.29 is 18.3 Å². The molecule has 6 heteroatoms. The van der Waals surface area contributed by atoms with Gasteiger partial charge in [-0.3, -0.25) is 4.90 Å². The van der Waals surface area contributed by atoms with Gasteiger partial charge in [0.05, 0.1) is 0 Å². The van der Waals surface area contributed by atoms with Crippen LogP contribution in [0.3, 0.4) is 0 Å². The summed E-state index contributed by atoms with van der Waals surface area (Å²) in [6.07, 6.45) is -6.76. The standard InChI is InChI=1S/C9H17F3N2O/c1-6-3-14(4-7(2)13-6)5-8(15)9(10,11)12/h6-8,13,15H,3-5H2,1-2H3. The van der Waals surface area contributed by atoms with Crippen molar-refractivity contribution in [3.63, 3.8) is 0 Å². The molecule has 1 rings (SSSR count). The van der Waals surface area contributed by atoms with E-state index in [-0.39, 0.29) is 18.6 Å². The Kier molecular flexibility index (Phi) is 3.97. The van der Waals surface area contributed by atoms with E-state index in [1.807, 2.05) is 13.8 Å². The molecule has 3 nitrogen and oxygen atoms in total. The van der Waals surface area contributed by atoms with Gasteiger partial charge in [0.2, 0.25) is 0 Å². The Balaban J connectivity index is 2.44. The topological polar surface area (TPSA) is 35.5 Å². The van der Waals surface area contributed by atoms with Crippen LogP contribution in [0.1, 0.15) is 13.8 Å². The molecule has 1 fully saturated rings. The lowest BCUT2D eigenvalue weighted by Crippen LogP contribution is -2.56. The molecule has 3 atom stereocenters. The van der Waals surface area contributed by atoms with Crippen LogP contribution in [0, 0.1) is 0 Å². The zero-order valence-electron chi connectivity index (χ0n) is 8.88. The number of aliphatic hydroxyl groups excluding tert-OH is 1. The van der Waals surface area contributed by atoms with Crippen LogP contribution in [0.5, 0.6) is 0 Å². The van der Waals surface area contributed by atoms with Crippen LogP contribution in [0.25, 0.3) is 0 Å². The molecule has 3 unspecified atom stereocenters. The first kappa shape index (κ1) is 12.7. The third-order valence-corrected chi connectivity index (χ3v) is 2.44. The molecule has 0 aliphatic carbocycles. The Morgan fingerprint density at radius 1 is 1.33 bits per heavy atom. The van der Waals surface area contributed by atoms with Crippen molar-refractivity contribution in [2.75, 3.05) is 19.6 Å². The molecule has 0 bridgehead atoms. The molecule has 0 radical (unpaired) electrons. The molecule has 0 spiro atoms. The number of β-amino-alcohol motifs (C(OH)–C–C–N with tert-alkyl or cyclic N) is 1. The van der Waals surface area contributed by atoms with Crippen molar-refractivity contribution in [2.45, 2.75) is 38.2 Å². The molecule has 1 aliphatic rings. The number of aliphatic hydroxyl groups is 1.